The zero-order valence-corrected chi connectivity index (χ0v) is 14.2. The van der Waals surface area contributed by atoms with Crippen LogP contribution in [0.25, 0.3) is 0 Å². The number of unbranched alkanes of at least 4 members (excludes halogenated alkanes) is 1. The summed E-state index contributed by atoms with van der Waals surface area (Å²) in [5.74, 6) is 1.04. The van der Waals surface area contributed by atoms with Crippen LogP contribution in [-0.4, -0.2) is 61.7 Å². The molecule has 0 aromatic heterocycles. The van der Waals surface area contributed by atoms with Gasteiger partial charge in [0.1, 0.15) is 0 Å². The lowest BCUT2D eigenvalue weighted by Gasteiger charge is -2.34. The molecule has 6 heteroatoms. The molecule has 23 heavy (non-hydrogen) atoms. The van der Waals surface area contributed by atoms with E-state index < -0.39 is 0 Å². The number of hydrogen-bond donors (Lipinski definition) is 1. The predicted molar refractivity (Wildman–Crippen MR) is 85.6 cm³/mol. The largest absolute Gasteiger partial charge is 0.459 e. The van der Waals surface area contributed by atoms with Crippen LogP contribution in [-0.2, 0) is 19.0 Å². The van der Waals surface area contributed by atoms with Crippen molar-refractivity contribution in [2.75, 3.05) is 39.5 Å². The average Bonchev–Trinajstić information content (AvgIpc) is 2.58. The van der Waals surface area contributed by atoms with E-state index in [1.807, 2.05) is 6.08 Å². The summed E-state index contributed by atoms with van der Waals surface area (Å²) in [4.78, 5) is 14.4. The van der Waals surface area contributed by atoms with Crippen molar-refractivity contribution in [1.29, 1.82) is 0 Å². The highest BCUT2D eigenvalue weighted by atomic mass is 16.7. The molecule has 2 unspecified atom stereocenters. The predicted octanol–water partition coefficient (Wildman–Crippen LogP) is 1.54. The number of carbonyl (C=O) groups is 1. The minimum Gasteiger partial charge on any atom is -0.459 e. The second-order valence-electron chi connectivity index (χ2n) is 6.43. The summed E-state index contributed by atoms with van der Waals surface area (Å²) in [5.41, 5.74) is 0. The summed E-state index contributed by atoms with van der Waals surface area (Å²) in [6, 6.07) is 0. The van der Waals surface area contributed by atoms with E-state index in [2.05, 4.69) is 13.8 Å². The lowest BCUT2D eigenvalue weighted by molar-refractivity contribution is -0.158. The Morgan fingerprint density at radius 1 is 1.39 bits per heavy atom. The van der Waals surface area contributed by atoms with Crippen LogP contribution in [0.2, 0.25) is 0 Å². The Bertz CT molecular complexity index is 404. The van der Waals surface area contributed by atoms with E-state index in [0.717, 1.165) is 19.3 Å². The van der Waals surface area contributed by atoms with Gasteiger partial charge < -0.3 is 24.2 Å². The number of allylic oxidation sites excluding steroid dienone is 1. The molecule has 6 nitrogen and oxygen atoms in total. The lowest BCUT2D eigenvalue weighted by atomic mass is 9.90. The van der Waals surface area contributed by atoms with Gasteiger partial charge in [0.25, 0.3) is 5.91 Å². The zero-order valence-electron chi connectivity index (χ0n) is 14.2. The summed E-state index contributed by atoms with van der Waals surface area (Å²) >= 11 is 0. The van der Waals surface area contributed by atoms with E-state index in [1.165, 1.54) is 0 Å². The maximum absolute atomic E-state index is 12.6. The van der Waals surface area contributed by atoms with E-state index >= 15 is 0 Å². The monoisotopic (exact) mass is 327 g/mol. The third kappa shape index (κ3) is 5.48. The molecular weight excluding hydrogens is 298 g/mol. The molecule has 0 bridgehead atoms. The average molecular weight is 327 g/mol. The number of nitrogens with zero attached hydrogens (tertiary/aromatic N) is 1. The van der Waals surface area contributed by atoms with Crippen molar-refractivity contribution in [3.05, 3.63) is 11.8 Å². The van der Waals surface area contributed by atoms with Gasteiger partial charge in [-0.15, -0.1) is 0 Å². The van der Waals surface area contributed by atoms with Crippen molar-refractivity contribution in [3.8, 4) is 0 Å². The number of aliphatic hydroxyl groups excluding tert-OH is 1. The molecule has 0 saturated carbocycles. The number of rotatable bonds is 7. The molecule has 1 N–H and O–H groups in total. The van der Waals surface area contributed by atoms with Crippen molar-refractivity contribution in [3.63, 3.8) is 0 Å². The highest BCUT2D eigenvalue weighted by Gasteiger charge is 2.31. The maximum Gasteiger partial charge on any atom is 0.288 e. The van der Waals surface area contributed by atoms with Crippen molar-refractivity contribution in [2.45, 2.75) is 39.4 Å². The van der Waals surface area contributed by atoms with Crippen LogP contribution in [0.5, 0.6) is 0 Å². The molecule has 2 aliphatic rings. The Hall–Kier alpha value is -1.11. The Kier molecular flexibility index (Phi) is 7.33. The van der Waals surface area contributed by atoms with Crippen LogP contribution in [0.4, 0.5) is 0 Å². The smallest absolute Gasteiger partial charge is 0.288 e. The Balaban J connectivity index is 1.96. The molecule has 0 radical (unpaired) electrons. The van der Waals surface area contributed by atoms with Crippen molar-refractivity contribution >= 4 is 5.91 Å². The molecule has 2 heterocycles. The van der Waals surface area contributed by atoms with Crippen LogP contribution < -0.4 is 0 Å². The second-order valence-corrected chi connectivity index (χ2v) is 6.43. The number of carbonyl (C=O) groups excluding carboxylic acids is 1. The number of aliphatic hydroxyl groups is 1. The van der Waals surface area contributed by atoms with Crippen LogP contribution in [0.15, 0.2) is 11.8 Å². The summed E-state index contributed by atoms with van der Waals surface area (Å²) in [5, 5.41) is 8.82. The summed E-state index contributed by atoms with van der Waals surface area (Å²) in [6.07, 6.45) is 3.84. The number of morpholine rings is 1. The van der Waals surface area contributed by atoms with Crippen LogP contribution >= 0.6 is 0 Å². The van der Waals surface area contributed by atoms with Gasteiger partial charge in [0.05, 0.1) is 19.8 Å². The quantitative estimate of drug-likeness (QED) is 0.718. The highest BCUT2D eigenvalue weighted by molar-refractivity contribution is 5.91. The Morgan fingerprint density at radius 3 is 2.78 bits per heavy atom. The van der Waals surface area contributed by atoms with Gasteiger partial charge >= 0.3 is 0 Å². The van der Waals surface area contributed by atoms with Gasteiger partial charge in [-0.05, 0) is 30.8 Å². The van der Waals surface area contributed by atoms with E-state index in [0.29, 0.717) is 44.6 Å². The lowest BCUT2D eigenvalue weighted by Crippen LogP contribution is -2.43. The first-order chi connectivity index (χ1) is 11.1. The van der Waals surface area contributed by atoms with Crippen LogP contribution in [0, 0.1) is 11.8 Å². The highest BCUT2D eigenvalue weighted by Crippen LogP contribution is 2.29. The number of amides is 1. The first kappa shape index (κ1) is 18.2. The van der Waals surface area contributed by atoms with E-state index in [-0.39, 0.29) is 24.7 Å². The summed E-state index contributed by atoms with van der Waals surface area (Å²) in [7, 11) is 0. The maximum atomic E-state index is 12.6. The van der Waals surface area contributed by atoms with E-state index in [9.17, 15) is 4.79 Å². The van der Waals surface area contributed by atoms with Gasteiger partial charge in [0, 0.05) is 26.1 Å². The molecule has 0 aromatic rings. The van der Waals surface area contributed by atoms with Gasteiger partial charge in [-0.3, -0.25) is 4.79 Å². The fourth-order valence-corrected chi connectivity index (χ4v) is 2.75. The third-order valence-electron chi connectivity index (χ3n) is 4.31. The SMILES string of the molecule is CC(C)C1C=C(C(=O)N2CCOCC2)OC(OCCCCO)C1. The van der Waals surface area contributed by atoms with E-state index in [4.69, 9.17) is 19.3 Å². The molecule has 2 rings (SSSR count). The molecule has 2 atom stereocenters. The van der Waals surface area contributed by atoms with Crippen LogP contribution in [0.1, 0.15) is 33.1 Å². The van der Waals surface area contributed by atoms with Gasteiger partial charge in [-0.2, -0.15) is 0 Å². The third-order valence-corrected chi connectivity index (χ3v) is 4.31. The fraction of sp³-hybridized carbons (Fsp3) is 0.824. The standard InChI is InChI=1S/C17H29NO5/c1-13(2)14-11-15(17(20)18-5-9-21-10-6-18)23-16(12-14)22-8-4-3-7-19/h11,13-14,16,19H,3-10,12H2,1-2H3. The van der Waals surface area contributed by atoms with Crippen LogP contribution in [0.3, 0.4) is 0 Å². The minimum absolute atomic E-state index is 0.0670. The molecule has 1 fully saturated rings. The van der Waals surface area contributed by atoms with Gasteiger partial charge in [0.2, 0.25) is 6.29 Å². The normalized spacial score (nSPS) is 25.2. The topological polar surface area (TPSA) is 68.2 Å². The molecule has 0 aliphatic carbocycles. The molecule has 132 valence electrons. The first-order valence-corrected chi connectivity index (χ1v) is 8.59. The molecule has 1 amide bonds. The van der Waals surface area contributed by atoms with Crippen molar-refractivity contribution < 1.29 is 24.1 Å². The Labute approximate surface area is 138 Å². The number of hydrogen-bond acceptors (Lipinski definition) is 5. The molecule has 1 saturated heterocycles. The Morgan fingerprint density at radius 2 is 2.13 bits per heavy atom. The van der Waals surface area contributed by atoms with E-state index in [1.54, 1.807) is 4.90 Å². The minimum atomic E-state index is -0.383. The van der Waals surface area contributed by atoms with Crippen molar-refractivity contribution in [1.82, 2.24) is 4.90 Å². The molecule has 2 aliphatic heterocycles. The molecule has 0 aromatic carbocycles. The molecular formula is C17H29NO5. The summed E-state index contributed by atoms with van der Waals surface area (Å²) < 4.78 is 16.9. The fourth-order valence-electron chi connectivity index (χ4n) is 2.75. The first-order valence-electron chi connectivity index (χ1n) is 8.59. The molecule has 0 spiro atoms. The van der Waals surface area contributed by atoms with Gasteiger partial charge in [-0.1, -0.05) is 13.8 Å². The van der Waals surface area contributed by atoms with Gasteiger partial charge in [0.15, 0.2) is 5.76 Å². The van der Waals surface area contributed by atoms with Gasteiger partial charge in [-0.25, -0.2) is 0 Å². The summed E-state index contributed by atoms with van der Waals surface area (Å²) in [6.45, 7) is 7.36. The van der Waals surface area contributed by atoms with Crippen molar-refractivity contribution in [2.24, 2.45) is 11.8 Å². The second kappa shape index (κ2) is 9.25. The number of ether oxygens (including phenoxy) is 3. The zero-order chi connectivity index (χ0) is 16.7.